The van der Waals surface area contributed by atoms with Crippen LogP contribution in [0, 0.1) is 0 Å². The van der Waals surface area contributed by atoms with Gasteiger partial charge in [-0.2, -0.15) is 0 Å². The molecule has 7 heteroatoms. The van der Waals surface area contributed by atoms with Crippen LogP contribution in [-0.4, -0.2) is 58.3 Å². The van der Waals surface area contributed by atoms with Gasteiger partial charge in [-0.15, -0.1) is 0 Å². The van der Waals surface area contributed by atoms with Crippen LogP contribution in [0.2, 0.25) is 0 Å². The fraction of sp³-hybridized carbons (Fsp3) is 0.400. The molecule has 2 aromatic rings. The van der Waals surface area contributed by atoms with Crippen molar-refractivity contribution in [2.75, 3.05) is 32.0 Å². The molecule has 2 aliphatic rings. The highest BCUT2D eigenvalue weighted by Crippen LogP contribution is 2.25. The van der Waals surface area contributed by atoms with Gasteiger partial charge in [0.15, 0.2) is 0 Å². The molecule has 2 amide bonds. The van der Waals surface area contributed by atoms with Crippen LogP contribution in [-0.2, 0) is 13.0 Å². The SMILES string of the molecule is CNc1nc2c(c(C(=O)N3CCCC3)n1)CN(C(=O)c1ccccc1)CC2. The quantitative estimate of drug-likeness (QED) is 0.899. The summed E-state index contributed by atoms with van der Waals surface area (Å²) in [5.41, 5.74) is 2.72. The summed E-state index contributed by atoms with van der Waals surface area (Å²) in [6.45, 7) is 2.47. The monoisotopic (exact) mass is 365 g/mol. The Labute approximate surface area is 158 Å². The smallest absolute Gasteiger partial charge is 0.273 e. The van der Waals surface area contributed by atoms with E-state index in [9.17, 15) is 9.59 Å². The van der Waals surface area contributed by atoms with Crippen LogP contribution in [0.1, 0.15) is 44.9 Å². The fourth-order valence-electron chi connectivity index (χ4n) is 3.71. The van der Waals surface area contributed by atoms with Crippen LogP contribution in [0.4, 0.5) is 5.95 Å². The molecule has 140 valence electrons. The zero-order valence-corrected chi connectivity index (χ0v) is 15.4. The Morgan fingerprint density at radius 3 is 2.41 bits per heavy atom. The highest BCUT2D eigenvalue weighted by atomic mass is 16.2. The molecule has 0 saturated carbocycles. The summed E-state index contributed by atoms with van der Waals surface area (Å²) in [7, 11) is 1.75. The van der Waals surface area contributed by atoms with Crippen molar-refractivity contribution in [3.05, 3.63) is 52.8 Å². The molecule has 1 saturated heterocycles. The highest BCUT2D eigenvalue weighted by molar-refractivity contribution is 5.96. The van der Waals surface area contributed by atoms with Gasteiger partial charge in [0, 0.05) is 44.2 Å². The summed E-state index contributed by atoms with van der Waals surface area (Å²) in [4.78, 5) is 38.5. The van der Waals surface area contributed by atoms with Crippen LogP contribution in [0.15, 0.2) is 30.3 Å². The Morgan fingerprint density at radius 2 is 1.70 bits per heavy atom. The van der Waals surface area contributed by atoms with Gasteiger partial charge in [-0.05, 0) is 25.0 Å². The van der Waals surface area contributed by atoms with Crippen molar-refractivity contribution in [1.29, 1.82) is 0 Å². The normalized spacial score (nSPS) is 16.2. The van der Waals surface area contributed by atoms with Crippen molar-refractivity contribution in [3.8, 4) is 0 Å². The van der Waals surface area contributed by atoms with Crippen molar-refractivity contribution < 1.29 is 9.59 Å². The summed E-state index contributed by atoms with van der Waals surface area (Å²) in [5, 5.41) is 2.95. The first kappa shape index (κ1) is 17.5. The molecule has 1 aromatic heterocycles. The molecule has 3 heterocycles. The highest BCUT2D eigenvalue weighted by Gasteiger charge is 2.31. The van der Waals surface area contributed by atoms with Gasteiger partial charge in [0.1, 0.15) is 5.69 Å². The molecular formula is C20H23N5O2. The van der Waals surface area contributed by atoms with E-state index < -0.39 is 0 Å². The third-order valence-electron chi connectivity index (χ3n) is 5.19. The van der Waals surface area contributed by atoms with Crippen molar-refractivity contribution >= 4 is 17.8 Å². The van der Waals surface area contributed by atoms with E-state index in [-0.39, 0.29) is 11.8 Å². The van der Waals surface area contributed by atoms with E-state index in [4.69, 9.17) is 0 Å². The molecule has 4 rings (SSSR count). The van der Waals surface area contributed by atoms with Gasteiger partial charge in [0.05, 0.1) is 12.2 Å². The number of fused-ring (bicyclic) bond motifs is 1. The minimum Gasteiger partial charge on any atom is -0.357 e. The number of carbonyl (C=O) groups is 2. The van der Waals surface area contributed by atoms with Gasteiger partial charge in [0.2, 0.25) is 5.95 Å². The van der Waals surface area contributed by atoms with Gasteiger partial charge in [0.25, 0.3) is 11.8 Å². The molecule has 0 radical (unpaired) electrons. The second-order valence-corrected chi connectivity index (χ2v) is 6.91. The van der Waals surface area contributed by atoms with Gasteiger partial charge in [-0.25, -0.2) is 9.97 Å². The molecule has 1 aromatic carbocycles. The Kier molecular flexibility index (Phi) is 4.75. The van der Waals surface area contributed by atoms with Crippen LogP contribution >= 0.6 is 0 Å². The molecule has 2 aliphatic heterocycles. The number of anilines is 1. The summed E-state index contributed by atoms with van der Waals surface area (Å²) in [6, 6.07) is 9.23. The first-order valence-corrected chi connectivity index (χ1v) is 9.38. The first-order chi connectivity index (χ1) is 13.2. The molecule has 7 nitrogen and oxygen atoms in total. The number of amides is 2. The fourth-order valence-corrected chi connectivity index (χ4v) is 3.71. The second kappa shape index (κ2) is 7.34. The minimum absolute atomic E-state index is 0.0292. The van der Waals surface area contributed by atoms with Crippen molar-refractivity contribution in [3.63, 3.8) is 0 Å². The Bertz CT molecular complexity index is 862. The number of carbonyl (C=O) groups excluding carboxylic acids is 2. The predicted octanol–water partition coefficient (Wildman–Crippen LogP) is 1.95. The second-order valence-electron chi connectivity index (χ2n) is 6.91. The lowest BCUT2D eigenvalue weighted by atomic mass is 10.0. The predicted molar refractivity (Wildman–Crippen MR) is 102 cm³/mol. The Morgan fingerprint density at radius 1 is 0.963 bits per heavy atom. The Balaban J connectivity index is 1.67. The number of benzene rings is 1. The van der Waals surface area contributed by atoms with E-state index in [1.165, 1.54) is 0 Å². The third kappa shape index (κ3) is 3.37. The lowest BCUT2D eigenvalue weighted by Crippen LogP contribution is -2.39. The van der Waals surface area contributed by atoms with E-state index in [2.05, 4.69) is 15.3 Å². The number of hydrogen-bond acceptors (Lipinski definition) is 5. The van der Waals surface area contributed by atoms with E-state index >= 15 is 0 Å². The molecule has 1 fully saturated rings. The number of hydrogen-bond donors (Lipinski definition) is 1. The van der Waals surface area contributed by atoms with Crippen LogP contribution in [0.25, 0.3) is 0 Å². The van der Waals surface area contributed by atoms with Crippen LogP contribution in [0.5, 0.6) is 0 Å². The van der Waals surface area contributed by atoms with Crippen molar-refractivity contribution in [1.82, 2.24) is 19.8 Å². The van der Waals surface area contributed by atoms with Gasteiger partial charge >= 0.3 is 0 Å². The Hall–Kier alpha value is -2.96. The molecule has 0 atom stereocenters. The molecule has 0 aliphatic carbocycles. The van der Waals surface area contributed by atoms with Crippen molar-refractivity contribution in [2.24, 2.45) is 0 Å². The first-order valence-electron chi connectivity index (χ1n) is 9.38. The topological polar surface area (TPSA) is 78.4 Å². The van der Waals surface area contributed by atoms with E-state index in [1.807, 2.05) is 35.2 Å². The lowest BCUT2D eigenvalue weighted by Gasteiger charge is -2.30. The van der Waals surface area contributed by atoms with Gasteiger partial charge in [-0.1, -0.05) is 18.2 Å². The van der Waals surface area contributed by atoms with E-state index in [0.29, 0.717) is 36.7 Å². The number of aromatic nitrogens is 2. The largest absolute Gasteiger partial charge is 0.357 e. The number of likely N-dealkylation sites (tertiary alicyclic amines) is 1. The van der Waals surface area contributed by atoms with Gasteiger partial charge in [-0.3, -0.25) is 9.59 Å². The third-order valence-corrected chi connectivity index (χ3v) is 5.19. The van der Waals surface area contributed by atoms with Crippen LogP contribution < -0.4 is 5.32 Å². The van der Waals surface area contributed by atoms with Crippen LogP contribution in [0.3, 0.4) is 0 Å². The van der Waals surface area contributed by atoms with Crippen molar-refractivity contribution in [2.45, 2.75) is 25.8 Å². The number of rotatable bonds is 3. The summed E-state index contributed by atoms with van der Waals surface area (Å²) in [6.07, 6.45) is 2.67. The van der Waals surface area contributed by atoms with Gasteiger partial charge < -0.3 is 15.1 Å². The minimum atomic E-state index is -0.0586. The zero-order valence-electron chi connectivity index (χ0n) is 15.4. The van der Waals surface area contributed by atoms with E-state index in [0.717, 1.165) is 37.2 Å². The summed E-state index contributed by atoms with van der Waals surface area (Å²) >= 11 is 0. The molecule has 27 heavy (non-hydrogen) atoms. The molecule has 0 bridgehead atoms. The number of nitrogens with zero attached hydrogens (tertiary/aromatic N) is 4. The summed E-state index contributed by atoms with van der Waals surface area (Å²) in [5.74, 6) is 0.370. The molecule has 0 unspecified atom stereocenters. The molecule has 1 N–H and O–H groups in total. The maximum atomic E-state index is 13.0. The zero-order chi connectivity index (χ0) is 18.8. The maximum absolute atomic E-state index is 13.0. The van der Waals surface area contributed by atoms with E-state index in [1.54, 1.807) is 11.9 Å². The molecular weight excluding hydrogens is 342 g/mol. The standard InChI is InChI=1S/C20H23N5O2/c1-21-20-22-16-9-12-25(18(26)14-7-3-2-4-8-14)13-15(16)17(23-20)19(27)24-10-5-6-11-24/h2-4,7-8H,5-6,9-13H2,1H3,(H,21,22,23). The average molecular weight is 365 g/mol. The maximum Gasteiger partial charge on any atom is 0.273 e. The number of nitrogens with one attached hydrogen (secondary N) is 1. The molecule has 0 spiro atoms. The summed E-state index contributed by atoms with van der Waals surface area (Å²) < 4.78 is 0. The lowest BCUT2D eigenvalue weighted by molar-refractivity contribution is 0.0719. The average Bonchev–Trinajstić information content (AvgIpc) is 3.27.